The van der Waals surface area contributed by atoms with Gasteiger partial charge in [-0.1, -0.05) is 42.5 Å². The van der Waals surface area contributed by atoms with Crippen LogP contribution in [0.4, 0.5) is 11.4 Å². The van der Waals surface area contributed by atoms with E-state index in [0.717, 1.165) is 5.56 Å². The first kappa shape index (κ1) is 22.5. The zero-order valence-corrected chi connectivity index (χ0v) is 19.0. The number of sulfonamides is 1. The van der Waals surface area contributed by atoms with Crippen molar-refractivity contribution in [1.82, 2.24) is 0 Å². The summed E-state index contributed by atoms with van der Waals surface area (Å²) < 4.78 is 33.0. The molecule has 0 aliphatic carbocycles. The summed E-state index contributed by atoms with van der Waals surface area (Å²) in [6, 6.07) is 22.2. The largest absolute Gasteiger partial charge is 0.452 e. The van der Waals surface area contributed by atoms with Crippen LogP contribution in [0.25, 0.3) is 0 Å². The highest BCUT2D eigenvalue weighted by molar-refractivity contribution is 7.92. The molecule has 0 saturated heterocycles. The van der Waals surface area contributed by atoms with Gasteiger partial charge >= 0.3 is 5.97 Å². The van der Waals surface area contributed by atoms with Gasteiger partial charge in [-0.3, -0.25) is 9.10 Å². The number of hydrogen-bond acceptors (Lipinski definition) is 5. The minimum atomic E-state index is -3.84. The zero-order chi connectivity index (χ0) is 23.4. The van der Waals surface area contributed by atoms with Crippen molar-refractivity contribution in [3.8, 4) is 0 Å². The molecule has 1 aliphatic rings. The average molecular weight is 465 g/mol. The number of carbonyl (C=O) groups excluding carboxylic acids is 2. The molecule has 0 radical (unpaired) electrons. The number of anilines is 2. The van der Waals surface area contributed by atoms with Crippen LogP contribution in [-0.4, -0.2) is 40.0 Å². The Hall–Kier alpha value is -3.65. The molecule has 0 N–H and O–H groups in total. The molecule has 8 heteroatoms. The number of amides is 1. The molecule has 0 saturated carbocycles. The van der Waals surface area contributed by atoms with Crippen LogP contribution in [0.1, 0.15) is 22.8 Å². The summed E-state index contributed by atoms with van der Waals surface area (Å²) in [4.78, 5) is 26.7. The summed E-state index contributed by atoms with van der Waals surface area (Å²) in [5.41, 5.74) is 2.39. The lowest BCUT2D eigenvalue weighted by Gasteiger charge is -2.21. The van der Waals surface area contributed by atoms with E-state index in [-0.39, 0.29) is 16.4 Å². The first-order valence-electron chi connectivity index (χ1n) is 10.6. The highest BCUT2D eigenvalue weighted by Gasteiger charge is 2.31. The van der Waals surface area contributed by atoms with Crippen molar-refractivity contribution >= 4 is 33.3 Å². The van der Waals surface area contributed by atoms with Crippen molar-refractivity contribution in [2.45, 2.75) is 18.2 Å². The maximum Gasteiger partial charge on any atom is 0.338 e. The first-order valence-corrected chi connectivity index (χ1v) is 12.1. The molecule has 33 heavy (non-hydrogen) atoms. The van der Waals surface area contributed by atoms with Crippen LogP contribution in [-0.2, 0) is 26.0 Å². The number of fused-ring (bicyclic) bond motifs is 1. The van der Waals surface area contributed by atoms with Crippen molar-refractivity contribution in [1.29, 1.82) is 0 Å². The van der Waals surface area contributed by atoms with E-state index in [1.54, 1.807) is 24.3 Å². The number of nitrogens with zero attached hydrogens (tertiary/aromatic N) is 2. The van der Waals surface area contributed by atoms with E-state index in [1.165, 1.54) is 33.5 Å². The monoisotopic (exact) mass is 464 g/mol. The number of carbonyl (C=O) groups is 2. The Morgan fingerprint density at radius 1 is 0.970 bits per heavy atom. The molecule has 0 unspecified atom stereocenters. The Bertz CT molecular complexity index is 1270. The molecule has 7 nitrogen and oxygen atoms in total. The maximum atomic E-state index is 13.2. The Kier molecular flexibility index (Phi) is 6.46. The lowest BCUT2D eigenvalue weighted by molar-refractivity contribution is -0.121. The smallest absolute Gasteiger partial charge is 0.338 e. The van der Waals surface area contributed by atoms with E-state index in [9.17, 15) is 18.0 Å². The number of rotatable bonds is 7. The fourth-order valence-corrected chi connectivity index (χ4v) is 5.42. The Balaban J connectivity index is 1.48. The van der Waals surface area contributed by atoms with Gasteiger partial charge in [0, 0.05) is 18.8 Å². The number of esters is 1. The van der Waals surface area contributed by atoms with Crippen molar-refractivity contribution < 1.29 is 22.7 Å². The maximum absolute atomic E-state index is 13.2. The molecule has 3 aromatic rings. The molecule has 0 atom stereocenters. The number of benzene rings is 3. The quantitative estimate of drug-likeness (QED) is 0.499. The van der Waals surface area contributed by atoms with Gasteiger partial charge in [0.2, 0.25) is 0 Å². The van der Waals surface area contributed by atoms with Crippen LogP contribution in [0.3, 0.4) is 0 Å². The Morgan fingerprint density at radius 3 is 2.45 bits per heavy atom. The van der Waals surface area contributed by atoms with Gasteiger partial charge in [0.25, 0.3) is 15.9 Å². The van der Waals surface area contributed by atoms with E-state index in [4.69, 9.17) is 4.74 Å². The van der Waals surface area contributed by atoms with Crippen molar-refractivity contribution in [2.75, 3.05) is 28.9 Å². The van der Waals surface area contributed by atoms with Crippen molar-refractivity contribution in [3.63, 3.8) is 0 Å². The summed E-state index contributed by atoms with van der Waals surface area (Å²) in [6.07, 6.45) is 0.634. The Labute approximate surface area is 193 Å². The minimum absolute atomic E-state index is 0.000509. The van der Waals surface area contributed by atoms with Gasteiger partial charge in [-0.15, -0.1) is 0 Å². The van der Waals surface area contributed by atoms with E-state index in [0.29, 0.717) is 30.9 Å². The van der Waals surface area contributed by atoms with Crippen LogP contribution < -0.4 is 9.21 Å². The van der Waals surface area contributed by atoms with E-state index >= 15 is 0 Å². The molecule has 0 bridgehead atoms. The minimum Gasteiger partial charge on any atom is -0.452 e. The third kappa shape index (κ3) is 4.61. The number of likely N-dealkylation sites (N-methyl/N-ethyl adjacent to an activating group) is 1. The van der Waals surface area contributed by atoms with Gasteiger partial charge in [-0.2, -0.15) is 0 Å². The second kappa shape index (κ2) is 9.46. The van der Waals surface area contributed by atoms with E-state index < -0.39 is 22.6 Å². The van der Waals surface area contributed by atoms with Gasteiger partial charge in [0.05, 0.1) is 16.1 Å². The fraction of sp³-hybridized carbons (Fsp3) is 0.200. The average Bonchev–Trinajstić information content (AvgIpc) is 3.29. The molecule has 1 heterocycles. The summed E-state index contributed by atoms with van der Waals surface area (Å²) >= 11 is 0. The van der Waals surface area contributed by atoms with Crippen LogP contribution in [0.15, 0.2) is 83.8 Å². The van der Waals surface area contributed by atoms with Crippen molar-refractivity contribution in [2.24, 2.45) is 0 Å². The van der Waals surface area contributed by atoms with Crippen LogP contribution >= 0.6 is 0 Å². The molecule has 1 aliphatic heterocycles. The molecular weight excluding hydrogens is 440 g/mol. The SMILES string of the molecule is CCN(C(=O)COC(=O)c1cccc(S(=O)(=O)N2CCc3ccccc32)c1)c1ccccc1. The lowest BCUT2D eigenvalue weighted by Crippen LogP contribution is -2.34. The van der Waals surface area contributed by atoms with Crippen LogP contribution in [0.5, 0.6) is 0 Å². The Morgan fingerprint density at radius 2 is 1.70 bits per heavy atom. The topological polar surface area (TPSA) is 84.0 Å². The van der Waals surface area contributed by atoms with Crippen LogP contribution in [0, 0.1) is 0 Å². The predicted molar refractivity (Wildman–Crippen MR) is 126 cm³/mol. The molecule has 3 aromatic carbocycles. The third-order valence-electron chi connectivity index (χ3n) is 5.51. The highest BCUT2D eigenvalue weighted by atomic mass is 32.2. The summed E-state index contributed by atoms with van der Waals surface area (Å²) in [5.74, 6) is -1.12. The van der Waals surface area contributed by atoms with Gasteiger partial charge in [0.15, 0.2) is 6.61 Å². The number of hydrogen-bond donors (Lipinski definition) is 0. The predicted octanol–water partition coefficient (Wildman–Crippen LogP) is 3.65. The van der Waals surface area contributed by atoms with Gasteiger partial charge < -0.3 is 9.64 Å². The molecule has 1 amide bonds. The number of para-hydroxylation sites is 2. The third-order valence-corrected chi connectivity index (χ3v) is 7.32. The zero-order valence-electron chi connectivity index (χ0n) is 18.2. The molecule has 170 valence electrons. The van der Waals surface area contributed by atoms with Crippen LogP contribution in [0.2, 0.25) is 0 Å². The molecule has 4 rings (SSSR count). The summed E-state index contributed by atoms with van der Waals surface area (Å²) in [7, 11) is -3.84. The number of ether oxygens (including phenoxy) is 1. The van der Waals surface area contributed by atoms with Gasteiger partial charge in [0.1, 0.15) is 0 Å². The second-order valence-electron chi connectivity index (χ2n) is 7.53. The molecule has 0 fully saturated rings. The second-order valence-corrected chi connectivity index (χ2v) is 9.40. The summed E-state index contributed by atoms with van der Waals surface area (Å²) in [6.45, 7) is 2.15. The first-order chi connectivity index (χ1) is 15.9. The standard InChI is InChI=1S/C25H24N2O5S/c1-2-26(21-11-4-3-5-12-21)24(28)18-32-25(29)20-10-8-13-22(17-20)33(30,31)27-16-15-19-9-6-7-14-23(19)27/h3-14,17H,2,15-16,18H2,1H3. The van der Waals surface area contributed by atoms with Gasteiger partial charge in [-0.25, -0.2) is 13.2 Å². The highest BCUT2D eigenvalue weighted by Crippen LogP contribution is 2.32. The van der Waals surface area contributed by atoms with Gasteiger partial charge in [-0.05, 0) is 55.3 Å². The lowest BCUT2D eigenvalue weighted by atomic mass is 10.2. The van der Waals surface area contributed by atoms with Crippen molar-refractivity contribution in [3.05, 3.63) is 90.0 Å². The summed E-state index contributed by atoms with van der Waals surface area (Å²) in [5, 5.41) is 0. The molecular formula is C25H24N2O5S. The van der Waals surface area contributed by atoms with E-state index in [2.05, 4.69) is 0 Å². The molecule has 0 aromatic heterocycles. The van der Waals surface area contributed by atoms with E-state index in [1.807, 2.05) is 37.3 Å². The normalized spacial score (nSPS) is 12.8. The molecule has 0 spiro atoms. The fourth-order valence-electron chi connectivity index (χ4n) is 3.87.